The number of aryl methyl sites for hydroxylation is 5. The van der Waals surface area contributed by atoms with E-state index >= 15 is 0 Å². The predicted molar refractivity (Wildman–Crippen MR) is 432 cm³/mol. The Balaban J connectivity index is 0.000000141. The zero-order valence-corrected chi connectivity index (χ0v) is 64.1. The van der Waals surface area contributed by atoms with Gasteiger partial charge >= 0.3 is 0 Å². The third-order valence-corrected chi connectivity index (χ3v) is 24.2. The second kappa shape index (κ2) is 33.5. The second-order valence-corrected chi connectivity index (χ2v) is 32.0. The number of phenols is 3. The van der Waals surface area contributed by atoms with Crippen LogP contribution in [-0.2, 0) is 6.42 Å². The van der Waals surface area contributed by atoms with Crippen molar-refractivity contribution in [3.63, 3.8) is 0 Å². The van der Waals surface area contributed by atoms with Gasteiger partial charge in [0.1, 0.15) is 60.1 Å². The predicted octanol–water partition coefficient (Wildman–Crippen LogP) is 20.6. The molecule has 16 heteroatoms. The SMILES string of the molecule is CCc1ccccc1C(=O)c1sc2cc(O)ccc2c1-c1ccc(OCCN2CC[C@H](C)C2)cc1.Cc1cc(F)cc(C)c1C(=O)c1sc2cc(O)ccc2c1-c1ccc(OCCN2CC[C@H](C)C2)cc1.Cc1cccc(C)c1C(=O)c1sc2cc(O)ccc2c1-c1ccc(OCCN2CC[C@H](C)C2)cc1. The van der Waals surface area contributed by atoms with Crippen LogP contribution in [0.3, 0.4) is 0 Å². The van der Waals surface area contributed by atoms with Gasteiger partial charge in [0.05, 0.1) is 14.6 Å². The molecule has 0 radical (unpaired) electrons. The van der Waals surface area contributed by atoms with Crippen LogP contribution in [-0.4, -0.2) is 126 Å². The van der Waals surface area contributed by atoms with Crippen molar-refractivity contribution in [3.05, 3.63) is 247 Å². The minimum atomic E-state index is -0.349. The van der Waals surface area contributed by atoms with Crippen LogP contribution in [0.5, 0.6) is 34.5 Å². The second-order valence-electron chi connectivity index (χ2n) is 28.8. The monoisotopic (exact) mass is 1470 g/mol. The van der Waals surface area contributed by atoms with Crippen molar-refractivity contribution in [3.8, 4) is 67.9 Å². The highest BCUT2D eigenvalue weighted by atomic mass is 32.1. The van der Waals surface area contributed by atoms with Crippen molar-refractivity contribution >= 4 is 81.6 Å². The van der Waals surface area contributed by atoms with Gasteiger partial charge < -0.3 is 29.5 Å². The first-order valence-corrected chi connectivity index (χ1v) is 39.4. The minimum Gasteiger partial charge on any atom is -0.508 e. The van der Waals surface area contributed by atoms with Gasteiger partial charge in [0.15, 0.2) is 0 Å². The fourth-order valence-corrected chi connectivity index (χ4v) is 18.8. The Bertz CT molecular complexity index is 5110. The number of ketones is 3. The van der Waals surface area contributed by atoms with Gasteiger partial charge in [0.2, 0.25) is 17.3 Å². The maximum absolute atomic E-state index is 13.9. The molecule has 3 aromatic heterocycles. The molecule has 0 amide bonds. The van der Waals surface area contributed by atoms with Crippen LogP contribution in [0.25, 0.3) is 63.6 Å². The van der Waals surface area contributed by atoms with Gasteiger partial charge in [-0.25, -0.2) is 4.39 Å². The van der Waals surface area contributed by atoms with E-state index in [0.717, 1.165) is 192 Å². The lowest BCUT2D eigenvalue weighted by atomic mass is 9.94. The molecule has 6 heterocycles. The molecular weight excluding hydrogens is 1380 g/mol. The number of thiophene rings is 3. The van der Waals surface area contributed by atoms with Gasteiger partial charge in [0.25, 0.3) is 0 Å². The van der Waals surface area contributed by atoms with Crippen LogP contribution < -0.4 is 14.2 Å². The average Bonchev–Trinajstić information content (AvgIpc) is 1.54. The van der Waals surface area contributed by atoms with E-state index in [0.29, 0.717) is 51.1 Å². The van der Waals surface area contributed by atoms with E-state index in [-0.39, 0.29) is 40.4 Å². The number of aromatic hydroxyl groups is 3. The summed E-state index contributed by atoms with van der Waals surface area (Å²) in [6.07, 6.45) is 4.58. The summed E-state index contributed by atoms with van der Waals surface area (Å²) in [5, 5.41) is 33.0. The molecule has 3 aliphatic rings. The first kappa shape index (κ1) is 74.7. The summed E-state index contributed by atoms with van der Waals surface area (Å²) in [4.78, 5) is 50.7. The molecule has 15 rings (SSSR count). The number of hydrogen-bond donors (Lipinski definition) is 3. The van der Waals surface area contributed by atoms with Crippen LogP contribution in [0.2, 0.25) is 0 Å². The number of hydrogen-bond acceptors (Lipinski definition) is 15. The van der Waals surface area contributed by atoms with Crippen molar-refractivity contribution in [2.75, 3.05) is 78.7 Å². The van der Waals surface area contributed by atoms with Crippen LogP contribution in [0.4, 0.5) is 4.39 Å². The van der Waals surface area contributed by atoms with Crippen LogP contribution in [0, 0.1) is 51.3 Å². The first-order valence-electron chi connectivity index (χ1n) is 36.9. The van der Waals surface area contributed by atoms with E-state index in [1.807, 2.05) is 147 Å². The summed E-state index contributed by atoms with van der Waals surface area (Å²) in [5.41, 5.74) is 11.7. The number of benzene rings is 9. The largest absolute Gasteiger partial charge is 0.508 e. The summed E-state index contributed by atoms with van der Waals surface area (Å²) >= 11 is 4.23. The highest BCUT2D eigenvalue weighted by Gasteiger charge is 2.29. The highest BCUT2D eigenvalue weighted by molar-refractivity contribution is 7.22. The number of halogens is 1. The Morgan fingerprint density at radius 1 is 0.425 bits per heavy atom. The van der Waals surface area contributed by atoms with Crippen LogP contribution in [0.1, 0.15) is 120 Å². The fraction of sp³-hybridized carbons (Fsp3) is 0.300. The third kappa shape index (κ3) is 17.1. The van der Waals surface area contributed by atoms with Gasteiger partial charge in [-0.3, -0.25) is 29.1 Å². The summed E-state index contributed by atoms with van der Waals surface area (Å²) in [5.74, 6) is 4.89. The van der Waals surface area contributed by atoms with E-state index in [9.17, 15) is 34.1 Å². The molecule has 9 aromatic carbocycles. The molecular formula is C90H92FN3O9S3. The molecule has 0 spiro atoms. The molecule has 106 heavy (non-hydrogen) atoms. The van der Waals surface area contributed by atoms with Crippen molar-refractivity contribution in [2.45, 2.75) is 81.1 Å². The van der Waals surface area contributed by atoms with Crippen molar-refractivity contribution < 1.29 is 48.3 Å². The number of carbonyl (C=O) groups is 3. The number of likely N-dealkylation sites (tertiary alicyclic amines) is 3. The Morgan fingerprint density at radius 2 is 0.764 bits per heavy atom. The summed E-state index contributed by atoms with van der Waals surface area (Å²) in [6.45, 7) is 28.1. The van der Waals surface area contributed by atoms with E-state index in [1.165, 1.54) is 65.4 Å². The van der Waals surface area contributed by atoms with E-state index < -0.39 is 0 Å². The van der Waals surface area contributed by atoms with E-state index in [2.05, 4.69) is 42.4 Å². The number of fused-ring (bicyclic) bond motifs is 3. The molecule has 0 aliphatic carbocycles. The maximum Gasteiger partial charge on any atom is 0.204 e. The highest BCUT2D eigenvalue weighted by Crippen LogP contribution is 2.46. The number of ether oxygens (including phenoxy) is 3. The molecule has 0 unspecified atom stereocenters. The Labute approximate surface area is 632 Å². The number of nitrogens with zero attached hydrogens (tertiary/aromatic N) is 3. The molecule has 3 aliphatic heterocycles. The van der Waals surface area contributed by atoms with Gasteiger partial charge in [-0.05, 0) is 238 Å². The quantitative estimate of drug-likeness (QED) is 0.0555. The molecule has 3 saturated heterocycles. The Hall–Kier alpha value is -9.52. The molecule has 0 saturated carbocycles. The lowest BCUT2D eigenvalue weighted by molar-refractivity contribution is 0.103. The molecule has 3 fully saturated rings. The maximum atomic E-state index is 13.9. The molecule has 12 nitrogen and oxygen atoms in total. The lowest BCUT2D eigenvalue weighted by Gasteiger charge is -2.15. The van der Waals surface area contributed by atoms with Crippen molar-refractivity contribution in [1.82, 2.24) is 14.7 Å². The molecule has 0 bridgehead atoms. The van der Waals surface area contributed by atoms with Crippen molar-refractivity contribution in [1.29, 1.82) is 0 Å². The van der Waals surface area contributed by atoms with Crippen LogP contribution >= 0.6 is 34.0 Å². The fourth-order valence-electron chi connectivity index (χ4n) is 15.2. The minimum absolute atomic E-state index is 0.0245. The average molecular weight is 1470 g/mol. The van der Waals surface area contributed by atoms with Gasteiger partial charge in [-0.15, -0.1) is 34.0 Å². The van der Waals surface area contributed by atoms with Gasteiger partial charge in [-0.1, -0.05) is 107 Å². The number of carbonyl (C=O) groups excluding carboxylic acids is 3. The third-order valence-electron chi connectivity index (χ3n) is 20.7. The molecule has 12 aromatic rings. The van der Waals surface area contributed by atoms with Gasteiger partial charge in [0, 0.05) is 103 Å². The summed E-state index contributed by atoms with van der Waals surface area (Å²) in [6, 6.07) is 56.3. The Kier molecular flexibility index (Phi) is 23.6. The smallest absolute Gasteiger partial charge is 0.204 e. The molecule has 3 N–H and O–H groups in total. The standard InChI is InChI=1S/C30H30FNO3S.2C30H31NO3S/c1-18-10-11-32(17-18)12-13-35-24-7-4-21(5-8-24)28-25-9-6-23(33)16-26(25)36-30(28)29(34)27-19(2)14-22(31)15-20(27)3;1-19-13-14-31(18-19)15-16-34-24-10-7-22(8-11-24)28-25-12-9-23(32)17-26(25)35-30(28)29(33)27-20(2)5-4-6-21(27)3;1-3-21-6-4-5-7-25(21)29(33)30-28(26-13-10-23(32)18-27(26)35-30)22-8-11-24(12-9-22)34-17-16-31-15-14-20(2)19-31/h4-9,14-16,18,33H,10-13,17H2,1-3H3;4-12,17,19,32H,13-16,18H2,1-3H3;4-13,18,20,32H,3,14-17,19H2,1-2H3/t18-;19-;20-/m000/s1. The zero-order valence-electron chi connectivity index (χ0n) is 61.6. The molecule has 3 atom stereocenters. The Morgan fingerprint density at radius 3 is 1.10 bits per heavy atom. The first-order chi connectivity index (χ1) is 51.2. The van der Waals surface area contributed by atoms with Crippen LogP contribution in [0.15, 0.2) is 182 Å². The van der Waals surface area contributed by atoms with Crippen molar-refractivity contribution in [2.24, 2.45) is 17.8 Å². The zero-order chi connectivity index (χ0) is 74.3. The summed E-state index contributed by atoms with van der Waals surface area (Å²) < 4.78 is 34.6. The van der Waals surface area contributed by atoms with E-state index in [1.54, 1.807) is 50.2 Å². The van der Waals surface area contributed by atoms with E-state index in [4.69, 9.17) is 14.2 Å². The topological polar surface area (TPSA) is 149 Å². The lowest BCUT2D eigenvalue weighted by Crippen LogP contribution is -2.25. The number of phenolic OH excluding ortho intramolecular Hbond substituents is 3. The van der Waals surface area contributed by atoms with Gasteiger partial charge in [-0.2, -0.15) is 0 Å². The number of rotatable bonds is 22. The molecule has 546 valence electrons. The summed E-state index contributed by atoms with van der Waals surface area (Å²) in [7, 11) is 0. The normalized spacial score (nSPS) is 16.1.